The molecular formula is C43H47NO12. The van der Waals surface area contributed by atoms with Crippen LogP contribution in [-0.4, -0.2) is 61.9 Å². The molecule has 0 aromatic heterocycles. The summed E-state index contributed by atoms with van der Waals surface area (Å²) in [6.07, 6.45) is 5.44. The minimum absolute atomic E-state index is 0.0451. The van der Waals surface area contributed by atoms with Crippen LogP contribution in [0.2, 0.25) is 0 Å². The van der Waals surface area contributed by atoms with Crippen LogP contribution >= 0.6 is 0 Å². The third-order valence-electron chi connectivity index (χ3n) is 8.13. The van der Waals surface area contributed by atoms with Crippen LogP contribution < -0.4 is 18.9 Å². The van der Waals surface area contributed by atoms with Gasteiger partial charge in [0, 0.05) is 18.6 Å². The number of hydrogen-bond donors (Lipinski definition) is 0. The molecule has 0 amide bonds. The number of rotatable bonds is 24. The van der Waals surface area contributed by atoms with Crippen molar-refractivity contribution in [1.29, 1.82) is 5.26 Å². The first-order valence-electron chi connectivity index (χ1n) is 18.4. The van der Waals surface area contributed by atoms with E-state index in [2.05, 4.69) is 13.2 Å². The molecule has 13 nitrogen and oxygen atoms in total. The fraction of sp³-hybridized carbons (Fsp3) is 0.349. The van der Waals surface area contributed by atoms with Crippen molar-refractivity contribution in [2.24, 2.45) is 0 Å². The molecule has 0 saturated carbocycles. The predicted molar refractivity (Wildman–Crippen MR) is 205 cm³/mol. The number of unbranched alkanes of at least 4 members (excludes halogenated alkanes) is 1. The highest BCUT2D eigenvalue weighted by molar-refractivity contribution is 5.98. The van der Waals surface area contributed by atoms with E-state index in [-0.39, 0.29) is 84.6 Å². The van der Waals surface area contributed by atoms with Crippen LogP contribution in [0, 0.1) is 11.3 Å². The van der Waals surface area contributed by atoms with Gasteiger partial charge in [0.15, 0.2) is 0 Å². The third kappa shape index (κ3) is 14.4. The summed E-state index contributed by atoms with van der Waals surface area (Å²) < 4.78 is 39.0. The van der Waals surface area contributed by atoms with Crippen molar-refractivity contribution in [3.8, 4) is 29.1 Å². The van der Waals surface area contributed by atoms with Gasteiger partial charge in [-0.3, -0.25) is 0 Å². The molecule has 3 rings (SSSR count). The summed E-state index contributed by atoms with van der Waals surface area (Å²) in [6.45, 7) is 11.0. The number of hydrogen-bond acceptors (Lipinski definition) is 13. The van der Waals surface area contributed by atoms with E-state index in [0.29, 0.717) is 38.5 Å². The molecule has 0 radical (unpaired) electrons. The lowest BCUT2D eigenvalue weighted by atomic mass is 10.1. The Morgan fingerprint density at radius 3 is 1.66 bits per heavy atom. The summed E-state index contributed by atoms with van der Waals surface area (Å²) in [5, 5.41) is 8.87. The van der Waals surface area contributed by atoms with Gasteiger partial charge in [-0.2, -0.15) is 5.26 Å². The highest BCUT2D eigenvalue weighted by atomic mass is 16.6. The second-order valence-corrected chi connectivity index (χ2v) is 12.2. The van der Waals surface area contributed by atoms with Crippen LogP contribution in [0.25, 0.3) is 0 Å². The second-order valence-electron chi connectivity index (χ2n) is 12.2. The molecule has 0 saturated heterocycles. The Morgan fingerprint density at radius 1 is 0.643 bits per heavy atom. The highest BCUT2D eigenvalue weighted by Crippen LogP contribution is 2.29. The Kier molecular flexibility index (Phi) is 18.9. The van der Waals surface area contributed by atoms with Crippen molar-refractivity contribution < 1.29 is 57.1 Å². The van der Waals surface area contributed by atoms with Gasteiger partial charge < -0.3 is 33.2 Å². The van der Waals surface area contributed by atoms with Gasteiger partial charge >= 0.3 is 29.8 Å². The lowest BCUT2D eigenvalue weighted by molar-refractivity contribution is -0.144. The van der Waals surface area contributed by atoms with Crippen molar-refractivity contribution in [2.75, 3.05) is 19.8 Å². The van der Waals surface area contributed by atoms with Crippen LogP contribution in [0.3, 0.4) is 0 Å². The fourth-order valence-corrected chi connectivity index (χ4v) is 5.16. The zero-order valence-corrected chi connectivity index (χ0v) is 31.7. The van der Waals surface area contributed by atoms with Crippen LogP contribution in [0.5, 0.6) is 23.0 Å². The minimum atomic E-state index is -0.872. The first kappa shape index (κ1) is 44.0. The summed E-state index contributed by atoms with van der Waals surface area (Å²) in [4.78, 5) is 63.2. The molecule has 2 unspecified atom stereocenters. The van der Waals surface area contributed by atoms with Gasteiger partial charge in [-0.1, -0.05) is 51.3 Å². The van der Waals surface area contributed by atoms with Gasteiger partial charge in [0.25, 0.3) is 0 Å². The number of esters is 5. The average molecular weight is 770 g/mol. The molecular weight excluding hydrogens is 722 g/mol. The second kappa shape index (κ2) is 24.1. The van der Waals surface area contributed by atoms with Crippen LogP contribution in [0.1, 0.15) is 96.3 Å². The lowest BCUT2D eigenvalue weighted by Crippen LogP contribution is -2.17. The van der Waals surface area contributed by atoms with Gasteiger partial charge in [0.1, 0.15) is 51.9 Å². The average Bonchev–Trinajstić information content (AvgIpc) is 3.22. The quantitative estimate of drug-likeness (QED) is 0.0283. The summed E-state index contributed by atoms with van der Waals surface area (Å²) >= 11 is 0. The summed E-state index contributed by atoms with van der Waals surface area (Å²) in [7, 11) is 0. The molecule has 13 heteroatoms. The largest absolute Gasteiger partial charge is 0.493 e. The van der Waals surface area contributed by atoms with Crippen LogP contribution in [-0.2, 0) is 23.8 Å². The summed E-state index contributed by atoms with van der Waals surface area (Å²) in [6, 6.07) is 18.8. The Morgan fingerprint density at radius 2 is 1.16 bits per heavy atom. The molecule has 0 heterocycles. The van der Waals surface area contributed by atoms with E-state index in [9.17, 15) is 24.0 Å². The van der Waals surface area contributed by atoms with E-state index in [1.165, 1.54) is 30.3 Å². The molecule has 296 valence electrons. The molecule has 0 N–H and O–H groups in total. The first-order chi connectivity index (χ1) is 27.1. The molecule has 0 spiro atoms. The summed E-state index contributed by atoms with van der Waals surface area (Å²) in [5.74, 6) is -3.19. The number of nitriles is 1. The topological polar surface area (TPSA) is 174 Å². The van der Waals surface area contributed by atoms with E-state index in [1.807, 2.05) is 19.9 Å². The number of para-hydroxylation sites is 2. The number of carbonyl (C=O) groups is 5. The maximum Gasteiger partial charge on any atom is 0.347 e. The van der Waals surface area contributed by atoms with E-state index in [1.54, 1.807) is 36.4 Å². The maximum absolute atomic E-state index is 13.5. The van der Waals surface area contributed by atoms with Crippen molar-refractivity contribution >= 4 is 29.8 Å². The van der Waals surface area contributed by atoms with Crippen LogP contribution in [0.4, 0.5) is 0 Å². The zero-order valence-electron chi connectivity index (χ0n) is 31.7. The van der Waals surface area contributed by atoms with E-state index < -0.39 is 29.8 Å². The van der Waals surface area contributed by atoms with E-state index in [0.717, 1.165) is 12.2 Å². The van der Waals surface area contributed by atoms with Crippen LogP contribution in [0.15, 0.2) is 92.0 Å². The Bertz CT molecular complexity index is 1860. The normalized spacial score (nSPS) is 11.4. The molecule has 3 aromatic carbocycles. The first-order valence-corrected chi connectivity index (χ1v) is 18.4. The molecule has 0 aliphatic carbocycles. The van der Waals surface area contributed by atoms with Crippen molar-refractivity contribution in [2.45, 2.75) is 77.4 Å². The Labute approximate surface area is 326 Å². The highest BCUT2D eigenvalue weighted by Gasteiger charge is 2.23. The lowest BCUT2D eigenvalue weighted by Gasteiger charge is -2.16. The van der Waals surface area contributed by atoms with Crippen molar-refractivity contribution in [3.63, 3.8) is 0 Å². The smallest absolute Gasteiger partial charge is 0.347 e. The van der Waals surface area contributed by atoms with Gasteiger partial charge in [0.2, 0.25) is 0 Å². The molecule has 0 bridgehead atoms. The van der Waals surface area contributed by atoms with Gasteiger partial charge in [-0.15, -0.1) is 0 Å². The maximum atomic E-state index is 13.5. The number of benzene rings is 3. The molecule has 0 aliphatic heterocycles. The predicted octanol–water partition coefficient (Wildman–Crippen LogP) is 7.92. The number of nitrogens with zero attached hydrogens (tertiary/aromatic N) is 1. The molecule has 2 atom stereocenters. The van der Waals surface area contributed by atoms with Gasteiger partial charge in [-0.25, -0.2) is 24.0 Å². The number of ether oxygens (including phenoxy) is 7. The Balaban J connectivity index is 1.74. The fourth-order valence-electron chi connectivity index (χ4n) is 5.16. The third-order valence-corrected chi connectivity index (χ3v) is 8.13. The van der Waals surface area contributed by atoms with E-state index >= 15 is 0 Å². The molecule has 0 fully saturated rings. The van der Waals surface area contributed by atoms with Gasteiger partial charge in [0.05, 0.1) is 25.9 Å². The molecule has 3 aromatic rings. The Hall–Kier alpha value is -6.42. The van der Waals surface area contributed by atoms with Crippen molar-refractivity contribution in [1.82, 2.24) is 0 Å². The van der Waals surface area contributed by atoms with Gasteiger partial charge in [-0.05, 0) is 87.4 Å². The molecule has 56 heavy (non-hydrogen) atoms. The zero-order chi connectivity index (χ0) is 40.7. The summed E-state index contributed by atoms with van der Waals surface area (Å²) in [5.41, 5.74) is 0.000263. The van der Waals surface area contributed by atoms with E-state index in [4.69, 9.17) is 38.4 Å². The standard InChI is InChI=1S/C43H47NO12/c1-5-30(53-39(45)7-3)17-15-27-50-36-21-11-9-19-33(36)42(48)55-32-23-24-38(35(29-32)41(47)52-26-14-13-25-44)56-43(49)34-20-10-12-22-37(34)51-28-16-18-31(6-2)54-40(46)8-4/h7-12,19-24,29-31H,3-6,13-18,26-28H2,1-2H3. The minimum Gasteiger partial charge on any atom is -0.493 e. The number of carbonyl (C=O) groups excluding carboxylic acids is 5. The molecule has 0 aliphatic rings. The SMILES string of the molecule is C=CC(=O)OC(CC)CCCOc1ccccc1C(=O)Oc1ccc(OC(=O)c2ccccc2OCCCC(CC)OC(=O)C=C)c(C(=O)OCCCC#N)c1. The van der Waals surface area contributed by atoms with Crippen molar-refractivity contribution in [3.05, 3.63) is 109 Å². The monoisotopic (exact) mass is 769 g/mol.